The highest BCUT2D eigenvalue weighted by molar-refractivity contribution is 5.66. The van der Waals surface area contributed by atoms with Crippen molar-refractivity contribution in [2.24, 2.45) is 0 Å². The van der Waals surface area contributed by atoms with E-state index < -0.39 is 11.6 Å². The SMILES string of the molecule is COc1cc(C(C)(O)CCC(=O)O)ccc1O. The van der Waals surface area contributed by atoms with Gasteiger partial charge in [-0.2, -0.15) is 0 Å². The fourth-order valence-electron chi connectivity index (χ4n) is 1.51. The molecule has 0 amide bonds. The molecule has 1 atom stereocenters. The molecule has 1 aromatic carbocycles. The number of aliphatic carboxylic acids is 1. The Balaban J connectivity index is 2.93. The zero-order chi connectivity index (χ0) is 13.1. The average molecular weight is 240 g/mol. The third-order valence-corrected chi connectivity index (χ3v) is 2.63. The molecule has 17 heavy (non-hydrogen) atoms. The standard InChI is InChI=1S/C12H16O5/c1-12(16,6-5-11(14)15)8-3-4-9(13)10(7-8)17-2/h3-4,7,13,16H,5-6H2,1-2H3,(H,14,15). The van der Waals surface area contributed by atoms with Crippen LogP contribution >= 0.6 is 0 Å². The Morgan fingerprint density at radius 2 is 2.12 bits per heavy atom. The molecule has 0 saturated carbocycles. The fraction of sp³-hybridized carbons (Fsp3) is 0.417. The lowest BCUT2D eigenvalue weighted by Gasteiger charge is -2.23. The molecule has 0 bridgehead atoms. The van der Waals surface area contributed by atoms with E-state index in [1.165, 1.54) is 26.2 Å². The lowest BCUT2D eigenvalue weighted by atomic mass is 9.91. The largest absolute Gasteiger partial charge is 0.504 e. The van der Waals surface area contributed by atoms with Crippen LogP contribution in [0, 0.1) is 0 Å². The summed E-state index contributed by atoms with van der Waals surface area (Å²) in [6.45, 7) is 1.53. The number of hydrogen-bond acceptors (Lipinski definition) is 4. The van der Waals surface area contributed by atoms with Gasteiger partial charge in [-0.1, -0.05) is 6.07 Å². The van der Waals surface area contributed by atoms with Crippen LogP contribution in [0.15, 0.2) is 18.2 Å². The number of carboxylic acids is 1. The zero-order valence-electron chi connectivity index (χ0n) is 9.80. The Kier molecular flexibility index (Phi) is 3.96. The smallest absolute Gasteiger partial charge is 0.303 e. The quantitative estimate of drug-likeness (QED) is 0.725. The van der Waals surface area contributed by atoms with Crippen molar-refractivity contribution < 1.29 is 24.9 Å². The van der Waals surface area contributed by atoms with E-state index in [-0.39, 0.29) is 24.3 Å². The molecule has 0 aliphatic rings. The Hall–Kier alpha value is -1.75. The number of carboxylic acid groups (broad SMARTS) is 1. The van der Waals surface area contributed by atoms with E-state index in [0.29, 0.717) is 5.56 Å². The van der Waals surface area contributed by atoms with E-state index in [9.17, 15) is 15.0 Å². The molecule has 1 rings (SSSR count). The Bertz CT molecular complexity index is 411. The second-order valence-corrected chi connectivity index (χ2v) is 4.05. The number of rotatable bonds is 5. The lowest BCUT2D eigenvalue weighted by Crippen LogP contribution is -2.22. The van der Waals surface area contributed by atoms with Gasteiger partial charge in [-0.05, 0) is 31.0 Å². The maximum Gasteiger partial charge on any atom is 0.303 e. The molecule has 0 heterocycles. The van der Waals surface area contributed by atoms with Crippen LogP contribution < -0.4 is 4.74 Å². The van der Waals surface area contributed by atoms with Crippen LogP contribution in [0.1, 0.15) is 25.3 Å². The monoisotopic (exact) mass is 240 g/mol. The van der Waals surface area contributed by atoms with Gasteiger partial charge in [0.2, 0.25) is 0 Å². The maximum atomic E-state index is 10.5. The van der Waals surface area contributed by atoms with Crippen molar-refractivity contribution in [2.75, 3.05) is 7.11 Å². The summed E-state index contributed by atoms with van der Waals surface area (Å²) in [7, 11) is 1.41. The molecule has 1 unspecified atom stereocenters. The molecule has 1 aromatic rings. The molecule has 3 N–H and O–H groups in total. The second kappa shape index (κ2) is 5.05. The molecular weight excluding hydrogens is 224 g/mol. The average Bonchev–Trinajstić information content (AvgIpc) is 2.27. The van der Waals surface area contributed by atoms with Crippen molar-refractivity contribution in [3.63, 3.8) is 0 Å². The number of methoxy groups -OCH3 is 1. The van der Waals surface area contributed by atoms with Gasteiger partial charge in [-0.3, -0.25) is 4.79 Å². The lowest BCUT2D eigenvalue weighted by molar-refractivity contribution is -0.138. The molecule has 5 heteroatoms. The molecule has 0 radical (unpaired) electrons. The van der Waals surface area contributed by atoms with Gasteiger partial charge in [0.1, 0.15) is 0 Å². The summed E-state index contributed by atoms with van der Waals surface area (Å²) >= 11 is 0. The highest BCUT2D eigenvalue weighted by Crippen LogP contribution is 2.33. The fourth-order valence-corrected chi connectivity index (χ4v) is 1.51. The predicted molar refractivity (Wildman–Crippen MR) is 61.1 cm³/mol. The topological polar surface area (TPSA) is 87.0 Å². The van der Waals surface area contributed by atoms with Gasteiger partial charge in [0.25, 0.3) is 0 Å². The van der Waals surface area contributed by atoms with Gasteiger partial charge in [0, 0.05) is 6.42 Å². The molecule has 0 saturated heterocycles. The summed E-state index contributed by atoms with van der Waals surface area (Å²) in [6.07, 6.45) is -0.0353. The van der Waals surface area contributed by atoms with E-state index in [1.807, 2.05) is 0 Å². The summed E-state index contributed by atoms with van der Waals surface area (Å²) < 4.78 is 4.93. The molecule has 0 aliphatic heterocycles. The number of hydrogen-bond donors (Lipinski definition) is 3. The summed E-state index contributed by atoms with van der Waals surface area (Å²) in [5.41, 5.74) is -0.757. The molecule has 0 fully saturated rings. The minimum Gasteiger partial charge on any atom is -0.504 e. The minimum atomic E-state index is -1.26. The van der Waals surface area contributed by atoms with Gasteiger partial charge < -0.3 is 20.1 Å². The predicted octanol–water partition coefficient (Wildman–Crippen LogP) is 1.47. The summed E-state index contributed by atoms with van der Waals surface area (Å²) in [5, 5.41) is 28.2. The summed E-state index contributed by atoms with van der Waals surface area (Å²) in [5.74, 6) is -0.737. The van der Waals surface area contributed by atoms with E-state index in [0.717, 1.165) is 0 Å². The number of ether oxygens (including phenoxy) is 1. The highest BCUT2D eigenvalue weighted by atomic mass is 16.5. The van der Waals surface area contributed by atoms with Crippen molar-refractivity contribution in [2.45, 2.75) is 25.4 Å². The number of phenolic OH excluding ortho intramolecular Hbond substituents is 1. The van der Waals surface area contributed by atoms with E-state index in [2.05, 4.69) is 0 Å². The van der Waals surface area contributed by atoms with Crippen molar-refractivity contribution in [3.05, 3.63) is 23.8 Å². The first-order valence-electron chi connectivity index (χ1n) is 5.18. The zero-order valence-corrected chi connectivity index (χ0v) is 9.80. The number of aliphatic hydroxyl groups is 1. The number of carbonyl (C=O) groups is 1. The maximum absolute atomic E-state index is 10.5. The normalized spacial score (nSPS) is 14.1. The van der Waals surface area contributed by atoms with Crippen LogP contribution in [0.3, 0.4) is 0 Å². The minimum absolute atomic E-state index is 0.0229. The first-order valence-corrected chi connectivity index (χ1v) is 5.18. The van der Waals surface area contributed by atoms with Crippen LogP contribution in [0.2, 0.25) is 0 Å². The molecule has 5 nitrogen and oxygen atoms in total. The van der Waals surface area contributed by atoms with E-state index >= 15 is 0 Å². The van der Waals surface area contributed by atoms with Crippen LogP contribution in [-0.4, -0.2) is 28.4 Å². The molecule has 94 valence electrons. The number of phenols is 1. The van der Waals surface area contributed by atoms with Gasteiger partial charge >= 0.3 is 5.97 Å². The molecule has 0 aromatic heterocycles. The molecule has 0 aliphatic carbocycles. The molecule has 0 spiro atoms. The Morgan fingerprint density at radius 3 is 2.65 bits per heavy atom. The second-order valence-electron chi connectivity index (χ2n) is 4.05. The van der Waals surface area contributed by atoms with Crippen molar-refractivity contribution in [1.82, 2.24) is 0 Å². The third kappa shape index (κ3) is 3.35. The molecular formula is C12H16O5. The first-order chi connectivity index (χ1) is 7.86. The van der Waals surface area contributed by atoms with Gasteiger partial charge in [0.15, 0.2) is 11.5 Å². The van der Waals surface area contributed by atoms with Gasteiger partial charge in [-0.15, -0.1) is 0 Å². The van der Waals surface area contributed by atoms with Gasteiger partial charge in [0.05, 0.1) is 12.7 Å². The van der Waals surface area contributed by atoms with E-state index in [1.54, 1.807) is 6.07 Å². The Morgan fingerprint density at radius 1 is 1.47 bits per heavy atom. The van der Waals surface area contributed by atoms with Crippen molar-refractivity contribution >= 4 is 5.97 Å². The third-order valence-electron chi connectivity index (χ3n) is 2.63. The highest BCUT2D eigenvalue weighted by Gasteiger charge is 2.25. The van der Waals surface area contributed by atoms with Crippen LogP contribution in [0.5, 0.6) is 11.5 Å². The summed E-state index contributed by atoms with van der Waals surface area (Å²) in [6, 6.07) is 4.44. The number of aromatic hydroxyl groups is 1. The number of benzene rings is 1. The first kappa shape index (κ1) is 13.3. The Labute approximate surface area is 99.3 Å². The van der Waals surface area contributed by atoms with Crippen molar-refractivity contribution in [1.29, 1.82) is 0 Å². The van der Waals surface area contributed by atoms with Crippen LogP contribution in [0.25, 0.3) is 0 Å². The van der Waals surface area contributed by atoms with Crippen LogP contribution in [0.4, 0.5) is 0 Å². The van der Waals surface area contributed by atoms with Gasteiger partial charge in [-0.25, -0.2) is 0 Å². The summed E-state index contributed by atoms with van der Waals surface area (Å²) in [4.78, 5) is 10.5. The van der Waals surface area contributed by atoms with Crippen molar-refractivity contribution in [3.8, 4) is 11.5 Å². The van der Waals surface area contributed by atoms with E-state index in [4.69, 9.17) is 9.84 Å². The van der Waals surface area contributed by atoms with Crippen LogP contribution in [-0.2, 0) is 10.4 Å².